The SMILES string of the molecule is CCCCCCCCCCCC/C=C/C(O)C(CO)NC(=O)CCCCCCCCC/C=C\CCCCCCCCCCCCOC(=O)CCCCCCCCCCCCCCC. The maximum absolute atomic E-state index is 12.4. The summed E-state index contributed by atoms with van der Waals surface area (Å²) in [6.07, 6.45) is 63.4. The van der Waals surface area contributed by atoms with Gasteiger partial charge in [-0.25, -0.2) is 0 Å². The van der Waals surface area contributed by atoms with Crippen molar-refractivity contribution in [1.29, 1.82) is 0 Å². The molecule has 0 saturated heterocycles. The van der Waals surface area contributed by atoms with E-state index in [2.05, 4.69) is 31.3 Å². The molecule has 0 fully saturated rings. The van der Waals surface area contributed by atoms with Gasteiger partial charge in [0.1, 0.15) is 0 Å². The third kappa shape index (κ3) is 49.6. The molecule has 0 aromatic heterocycles. The van der Waals surface area contributed by atoms with Gasteiger partial charge in [0.05, 0.1) is 25.4 Å². The molecule has 0 aromatic rings. The normalized spacial score (nSPS) is 12.8. The Morgan fingerprint density at radius 3 is 1.13 bits per heavy atom. The average Bonchev–Trinajstić information content (AvgIpc) is 3.28. The zero-order valence-electron chi connectivity index (χ0n) is 42.3. The molecule has 0 radical (unpaired) electrons. The highest BCUT2D eigenvalue weighted by Gasteiger charge is 2.18. The van der Waals surface area contributed by atoms with Crippen molar-refractivity contribution in [2.24, 2.45) is 0 Å². The van der Waals surface area contributed by atoms with Crippen LogP contribution < -0.4 is 5.32 Å². The van der Waals surface area contributed by atoms with E-state index in [0.717, 1.165) is 44.9 Å². The molecule has 6 heteroatoms. The monoisotopic (exact) mass is 888 g/mol. The molecule has 0 bridgehead atoms. The van der Waals surface area contributed by atoms with E-state index in [4.69, 9.17) is 4.74 Å². The highest BCUT2D eigenvalue weighted by atomic mass is 16.5. The van der Waals surface area contributed by atoms with Crippen LogP contribution in [0.1, 0.15) is 303 Å². The molecule has 0 rings (SSSR count). The van der Waals surface area contributed by atoms with Crippen molar-refractivity contribution < 1.29 is 24.5 Å². The van der Waals surface area contributed by atoms with Gasteiger partial charge >= 0.3 is 5.97 Å². The molecule has 0 aliphatic rings. The van der Waals surface area contributed by atoms with Crippen LogP contribution in [0, 0.1) is 0 Å². The first-order valence-corrected chi connectivity index (χ1v) is 28.1. The van der Waals surface area contributed by atoms with Crippen LogP contribution in [-0.2, 0) is 14.3 Å². The van der Waals surface area contributed by atoms with E-state index >= 15 is 0 Å². The number of esters is 1. The third-order valence-electron chi connectivity index (χ3n) is 13.0. The Labute approximate surface area is 392 Å². The van der Waals surface area contributed by atoms with Gasteiger partial charge in [-0.2, -0.15) is 0 Å². The Hall–Kier alpha value is -1.66. The quantitative estimate of drug-likeness (QED) is 0.0321. The number of aliphatic hydroxyl groups is 2. The van der Waals surface area contributed by atoms with Gasteiger partial charge < -0.3 is 20.3 Å². The zero-order chi connectivity index (χ0) is 45.8. The van der Waals surface area contributed by atoms with Crippen molar-refractivity contribution in [2.75, 3.05) is 13.2 Å². The molecule has 0 aromatic carbocycles. The van der Waals surface area contributed by atoms with E-state index in [-0.39, 0.29) is 18.5 Å². The summed E-state index contributed by atoms with van der Waals surface area (Å²) in [5.41, 5.74) is 0. The van der Waals surface area contributed by atoms with Crippen molar-refractivity contribution in [3.05, 3.63) is 24.3 Å². The zero-order valence-corrected chi connectivity index (χ0v) is 42.3. The molecule has 1 amide bonds. The number of ether oxygens (including phenoxy) is 1. The number of hydrogen-bond donors (Lipinski definition) is 3. The van der Waals surface area contributed by atoms with Crippen LogP contribution >= 0.6 is 0 Å². The average molecular weight is 889 g/mol. The summed E-state index contributed by atoms with van der Waals surface area (Å²) in [7, 11) is 0. The maximum atomic E-state index is 12.4. The number of carbonyl (C=O) groups excluding carboxylic acids is 2. The molecular weight excluding hydrogens is 779 g/mol. The molecule has 0 saturated carbocycles. The van der Waals surface area contributed by atoms with Crippen LogP contribution in [0.4, 0.5) is 0 Å². The summed E-state index contributed by atoms with van der Waals surface area (Å²) < 4.78 is 5.47. The first-order chi connectivity index (χ1) is 31.0. The highest BCUT2D eigenvalue weighted by Crippen LogP contribution is 2.16. The van der Waals surface area contributed by atoms with Crippen LogP contribution in [-0.4, -0.2) is 47.4 Å². The fraction of sp³-hybridized carbons (Fsp3) is 0.895. The van der Waals surface area contributed by atoms with Crippen molar-refractivity contribution in [1.82, 2.24) is 5.32 Å². The summed E-state index contributed by atoms with van der Waals surface area (Å²) >= 11 is 0. The van der Waals surface area contributed by atoms with Gasteiger partial charge in [-0.15, -0.1) is 0 Å². The molecule has 0 spiro atoms. The number of carbonyl (C=O) groups is 2. The Morgan fingerprint density at radius 2 is 0.746 bits per heavy atom. The molecule has 0 aliphatic heterocycles. The van der Waals surface area contributed by atoms with E-state index in [1.165, 1.54) is 231 Å². The van der Waals surface area contributed by atoms with Gasteiger partial charge in [0.2, 0.25) is 5.91 Å². The number of unbranched alkanes of at least 4 members (excludes halogenated alkanes) is 39. The smallest absolute Gasteiger partial charge is 0.305 e. The Bertz CT molecular complexity index is 982. The summed E-state index contributed by atoms with van der Waals surface area (Å²) in [5.74, 6) is -0.0672. The second kappa shape index (κ2) is 53.0. The van der Waals surface area contributed by atoms with Gasteiger partial charge in [0.15, 0.2) is 0 Å². The fourth-order valence-corrected chi connectivity index (χ4v) is 8.63. The molecule has 0 heterocycles. The second-order valence-corrected chi connectivity index (χ2v) is 19.3. The Balaban J connectivity index is 3.43. The Kier molecular flexibility index (Phi) is 51.6. The van der Waals surface area contributed by atoms with E-state index in [9.17, 15) is 19.8 Å². The van der Waals surface area contributed by atoms with Gasteiger partial charge in [-0.1, -0.05) is 256 Å². The predicted molar refractivity (Wildman–Crippen MR) is 273 cm³/mol. The number of aliphatic hydroxyl groups excluding tert-OH is 2. The summed E-state index contributed by atoms with van der Waals surface area (Å²) in [4.78, 5) is 24.4. The molecular formula is C57H109NO5. The lowest BCUT2D eigenvalue weighted by Crippen LogP contribution is -2.45. The van der Waals surface area contributed by atoms with Crippen LogP contribution in [0.5, 0.6) is 0 Å². The highest BCUT2D eigenvalue weighted by molar-refractivity contribution is 5.76. The van der Waals surface area contributed by atoms with Crippen LogP contribution in [0.3, 0.4) is 0 Å². The van der Waals surface area contributed by atoms with Gasteiger partial charge in [0, 0.05) is 12.8 Å². The summed E-state index contributed by atoms with van der Waals surface area (Å²) in [5, 5.41) is 23.0. The van der Waals surface area contributed by atoms with Gasteiger partial charge in [-0.3, -0.25) is 9.59 Å². The largest absolute Gasteiger partial charge is 0.466 e. The van der Waals surface area contributed by atoms with Gasteiger partial charge in [0.25, 0.3) is 0 Å². The molecule has 6 nitrogen and oxygen atoms in total. The third-order valence-corrected chi connectivity index (χ3v) is 13.0. The number of hydrogen-bond acceptors (Lipinski definition) is 5. The second-order valence-electron chi connectivity index (χ2n) is 19.3. The minimum atomic E-state index is -0.847. The fourth-order valence-electron chi connectivity index (χ4n) is 8.63. The molecule has 63 heavy (non-hydrogen) atoms. The van der Waals surface area contributed by atoms with E-state index in [1.807, 2.05) is 6.08 Å². The standard InChI is InChI=1S/C57H109NO5/c1-3-5-7-9-11-13-15-26-31-35-39-43-47-51-57(62)63-52-48-44-40-36-32-28-25-23-21-19-17-18-20-22-24-27-30-34-38-42-46-50-56(61)58-54(53-59)55(60)49-45-41-37-33-29-16-14-12-10-8-6-4-2/h18,20,45,49,54-55,59-60H,3-17,19,21-44,46-48,50-53H2,1-2H3,(H,58,61)/b20-18-,49-45+. The predicted octanol–water partition coefficient (Wildman–Crippen LogP) is 17.1. The molecule has 2 atom stereocenters. The van der Waals surface area contributed by atoms with Crippen molar-refractivity contribution in [3.8, 4) is 0 Å². The van der Waals surface area contributed by atoms with Crippen molar-refractivity contribution in [3.63, 3.8) is 0 Å². The lowest BCUT2D eigenvalue weighted by atomic mass is 10.0. The first-order valence-electron chi connectivity index (χ1n) is 28.1. The Morgan fingerprint density at radius 1 is 0.429 bits per heavy atom. The minimum Gasteiger partial charge on any atom is -0.466 e. The number of amides is 1. The van der Waals surface area contributed by atoms with E-state index in [0.29, 0.717) is 19.4 Å². The van der Waals surface area contributed by atoms with E-state index < -0.39 is 12.1 Å². The topological polar surface area (TPSA) is 95.9 Å². The minimum absolute atomic E-state index is 0.00895. The summed E-state index contributed by atoms with van der Waals surface area (Å²) in [6.45, 7) is 4.89. The molecule has 0 aliphatic carbocycles. The molecule has 2 unspecified atom stereocenters. The lowest BCUT2D eigenvalue weighted by molar-refractivity contribution is -0.143. The number of rotatable bonds is 52. The molecule has 3 N–H and O–H groups in total. The number of allylic oxidation sites excluding steroid dienone is 3. The van der Waals surface area contributed by atoms with Crippen molar-refractivity contribution in [2.45, 2.75) is 315 Å². The van der Waals surface area contributed by atoms with E-state index in [1.54, 1.807) is 6.08 Å². The van der Waals surface area contributed by atoms with Crippen LogP contribution in [0.25, 0.3) is 0 Å². The first kappa shape index (κ1) is 61.3. The van der Waals surface area contributed by atoms with Crippen LogP contribution in [0.15, 0.2) is 24.3 Å². The lowest BCUT2D eigenvalue weighted by Gasteiger charge is -2.20. The summed E-state index contributed by atoms with van der Waals surface area (Å²) in [6, 6.07) is -0.632. The van der Waals surface area contributed by atoms with Gasteiger partial charge in [-0.05, 0) is 57.8 Å². The van der Waals surface area contributed by atoms with Crippen LogP contribution in [0.2, 0.25) is 0 Å². The number of nitrogens with one attached hydrogen (secondary N) is 1. The van der Waals surface area contributed by atoms with Crippen molar-refractivity contribution >= 4 is 11.9 Å². The maximum Gasteiger partial charge on any atom is 0.305 e. The molecule has 372 valence electrons.